The zero-order valence-corrected chi connectivity index (χ0v) is 17.4. The second-order valence-corrected chi connectivity index (χ2v) is 6.67. The SMILES string of the molecule is COc1ccc(/C=C(\C#N)C(=O)Nc2ccc(C(=O)O)cc2)cc1OC(=O)c1ccccc1. The first-order chi connectivity index (χ1) is 15.9. The summed E-state index contributed by atoms with van der Waals surface area (Å²) in [5.74, 6) is -1.92. The van der Waals surface area contributed by atoms with Gasteiger partial charge < -0.3 is 19.9 Å². The molecular formula is C25H18N2O6. The smallest absolute Gasteiger partial charge is 0.343 e. The van der Waals surface area contributed by atoms with Crippen molar-refractivity contribution in [1.82, 2.24) is 0 Å². The number of hydrogen-bond donors (Lipinski definition) is 2. The van der Waals surface area contributed by atoms with E-state index in [1.165, 1.54) is 43.5 Å². The summed E-state index contributed by atoms with van der Waals surface area (Å²) in [4.78, 5) is 35.8. The van der Waals surface area contributed by atoms with Crippen molar-refractivity contribution < 1.29 is 29.0 Å². The van der Waals surface area contributed by atoms with E-state index in [0.717, 1.165) is 0 Å². The van der Waals surface area contributed by atoms with Gasteiger partial charge in [0.1, 0.15) is 11.6 Å². The highest BCUT2D eigenvalue weighted by molar-refractivity contribution is 6.09. The van der Waals surface area contributed by atoms with Crippen LogP contribution in [-0.2, 0) is 4.79 Å². The second kappa shape index (κ2) is 10.4. The third-order valence-corrected chi connectivity index (χ3v) is 4.47. The minimum atomic E-state index is -1.09. The Morgan fingerprint density at radius 1 is 0.939 bits per heavy atom. The largest absolute Gasteiger partial charge is 0.493 e. The van der Waals surface area contributed by atoms with E-state index in [9.17, 15) is 19.6 Å². The Morgan fingerprint density at radius 3 is 2.24 bits per heavy atom. The van der Waals surface area contributed by atoms with Crippen LogP contribution < -0.4 is 14.8 Å². The van der Waals surface area contributed by atoms with Crippen LogP contribution in [0.1, 0.15) is 26.3 Å². The van der Waals surface area contributed by atoms with Crippen LogP contribution in [0.5, 0.6) is 11.5 Å². The van der Waals surface area contributed by atoms with Crippen LogP contribution in [0, 0.1) is 11.3 Å². The van der Waals surface area contributed by atoms with E-state index < -0.39 is 17.8 Å². The predicted molar refractivity (Wildman–Crippen MR) is 120 cm³/mol. The fraction of sp³-hybridized carbons (Fsp3) is 0.0400. The van der Waals surface area contributed by atoms with E-state index >= 15 is 0 Å². The van der Waals surface area contributed by atoms with E-state index in [-0.39, 0.29) is 16.9 Å². The van der Waals surface area contributed by atoms with E-state index in [4.69, 9.17) is 14.6 Å². The molecule has 0 saturated carbocycles. The van der Waals surface area contributed by atoms with E-state index in [1.54, 1.807) is 42.5 Å². The highest BCUT2D eigenvalue weighted by Crippen LogP contribution is 2.30. The maximum atomic E-state index is 12.5. The Labute approximate surface area is 189 Å². The molecule has 0 aliphatic carbocycles. The Kier molecular flexibility index (Phi) is 7.19. The van der Waals surface area contributed by atoms with Gasteiger partial charge >= 0.3 is 11.9 Å². The molecule has 0 aliphatic rings. The molecule has 3 aromatic rings. The molecule has 0 bridgehead atoms. The van der Waals surface area contributed by atoms with Gasteiger partial charge in [-0.3, -0.25) is 4.79 Å². The number of rotatable bonds is 7. The van der Waals surface area contributed by atoms with Gasteiger partial charge in [0.05, 0.1) is 18.2 Å². The molecule has 0 saturated heterocycles. The molecule has 0 heterocycles. The molecule has 0 aromatic heterocycles. The lowest BCUT2D eigenvalue weighted by molar-refractivity contribution is -0.112. The van der Waals surface area contributed by atoms with Crippen LogP contribution in [0.25, 0.3) is 6.08 Å². The Balaban J connectivity index is 1.81. The van der Waals surface area contributed by atoms with Crippen molar-refractivity contribution in [2.24, 2.45) is 0 Å². The van der Waals surface area contributed by atoms with Crippen LogP contribution in [0.15, 0.2) is 78.4 Å². The van der Waals surface area contributed by atoms with Gasteiger partial charge in [0.25, 0.3) is 5.91 Å². The number of nitrogens with zero attached hydrogens (tertiary/aromatic N) is 1. The molecule has 8 heteroatoms. The van der Waals surface area contributed by atoms with Crippen molar-refractivity contribution in [3.63, 3.8) is 0 Å². The van der Waals surface area contributed by atoms with Crippen LogP contribution in [-0.4, -0.2) is 30.1 Å². The number of carboxylic acid groups (broad SMARTS) is 1. The third kappa shape index (κ3) is 5.83. The molecule has 1 amide bonds. The number of carbonyl (C=O) groups is 3. The van der Waals surface area contributed by atoms with E-state index in [2.05, 4.69) is 5.32 Å². The Morgan fingerprint density at radius 2 is 1.64 bits per heavy atom. The normalized spacial score (nSPS) is 10.6. The molecule has 33 heavy (non-hydrogen) atoms. The number of methoxy groups -OCH3 is 1. The fourth-order valence-electron chi connectivity index (χ4n) is 2.81. The number of carbonyl (C=O) groups excluding carboxylic acids is 2. The summed E-state index contributed by atoms with van der Waals surface area (Å²) in [5, 5.41) is 20.9. The number of nitrogens with one attached hydrogen (secondary N) is 1. The predicted octanol–water partition coefficient (Wildman–Crippen LogP) is 4.16. The summed E-state index contributed by atoms with van der Waals surface area (Å²) in [5.41, 5.74) is 0.979. The third-order valence-electron chi connectivity index (χ3n) is 4.47. The molecule has 3 aromatic carbocycles. The second-order valence-electron chi connectivity index (χ2n) is 6.67. The van der Waals surface area contributed by atoms with Gasteiger partial charge in [-0.05, 0) is 60.2 Å². The summed E-state index contributed by atoms with van der Waals surface area (Å²) < 4.78 is 10.7. The molecule has 0 aliphatic heterocycles. The zero-order valence-electron chi connectivity index (χ0n) is 17.4. The summed E-state index contributed by atoms with van der Waals surface area (Å²) in [6.07, 6.45) is 1.33. The molecule has 0 radical (unpaired) electrons. The van der Waals surface area contributed by atoms with Gasteiger partial charge in [0, 0.05) is 5.69 Å². The molecular weight excluding hydrogens is 424 g/mol. The topological polar surface area (TPSA) is 126 Å². The first-order valence-electron chi connectivity index (χ1n) is 9.63. The lowest BCUT2D eigenvalue weighted by Crippen LogP contribution is -2.13. The van der Waals surface area contributed by atoms with Crippen molar-refractivity contribution in [2.45, 2.75) is 0 Å². The van der Waals surface area contributed by atoms with Crippen LogP contribution in [0.2, 0.25) is 0 Å². The van der Waals surface area contributed by atoms with Gasteiger partial charge in [0.2, 0.25) is 0 Å². The van der Waals surface area contributed by atoms with Gasteiger partial charge in [-0.1, -0.05) is 24.3 Å². The number of ether oxygens (including phenoxy) is 2. The number of anilines is 1. The summed E-state index contributed by atoms with van der Waals surface area (Å²) in [7, 11) is 1.43. The number of nitriles is 1. The average molecular weight is 442 g/mol. The number of amides is 1. The standard InChI is InChI=1S/C25H18N2O6/c1-32-21-12-7-16(14-22(21)33-25(31)18-5-3-2-4-6-18)13-19(15-26)23(28)27-20-10-8-17(9-11-20)24(29)30/h2-14H,1H3,(H,27,28)(H,29,30)/b19-13+. The van der Waals surface area contributed by atoms with Crippen molar-refractivity contribution in [3.05, 3.63) is 95.1 Å². The Hall–Kier alpha value is -4.90. The van der Waals surface area contributed by atoms with E-state index in [1.807, 2.05) is 6.07 Å². The average Bonchev–Trinajstić information content (AvgIpc) is 2.83. The highest BCUT2D eigenvalue weighted by atomic mass is 16.6. The minimum Gasteiger partial charge on any atom is -0.493 e. The molecule has 164 valence electrons. The van der Waals surface area contributed by atoms with Gasteiger partial charge in [-0.2, -0.15) is 5.26 Å². The maximum Gasteiger partial charge on any atom is 0.343 e. The summed E-state index contributed by atoms with van der Waals surface area (Å²) >= 11 is 0. The van der Waals surface area contributed by atoms with Crippen molar-refractivity contribution in [1.29, 1.82) is 5.26 Å². The number of carboxylic acids is 1. The lowest BCUT2D eigenvalue weighted by Gasteiger charge is -2.10. The molecule has 3 rings (SSSR count). The molecule has 0 fully saturated rings. The van der Waals surface area contributed by atoms with Crippen LogP contribution >= 0.6 is 0 Å². The van der Waals surface area contributed by atoms with Crippen molar-refractivity contribution >= 4 is 29.6 Å². The Bertz CT molecular complexity index is 1260. The monoisotopic (exact) mass is 442 g/mol. The molecule has 0 spiro atoms. The number of esters is 1. The quantitative estimate of drug-likeness (QED) is 0.244. The number of benzene rings is 3. The number of aromatic carboxylic acids is 1. The van der Waals surface area contributed by atoms with Gasteiger partial charge in [-0.15, -0.1) is 0 Å². The number of hydrogen-bond acceptors (Lipinski definition) is 6. The molecule has 2 N–H and O–H groups in total. The summed E-state index contributed by atoms with van der Waals surface area (Å²) in [6.45, 7) is 0. The first kappa shape index (κ1) is 22.8. The molecule has 8 nitrogen and oxygen atoms in total. The highest BCUT2D eigenvalue weighted by Gasteiger charge is 2.15. The first-order valence-corrected chi connectivity index (χ1v) is 9.63. The van der Waals surface area contributed by atoms with Gasteiger partial charge in [-0.25, -0.2) is 9.59 Å². The summed E-state index contributed by atoms with van der Waals surface area (Å²) in [6, 6.07) is 20.4. The van der Waals surface area contributed by atoms with Crippen LogP contribution in [0.4, 0.5) is 5.69 Å². The maximum absolute atomic E-state index is 12.5. The molecule has 0 unspecified atom stereocenters. The van der Waals surface area contributed by atoms with Gasteiger partial charge in [0.15, 0.2) is 11.5 Å². The van der Waals surface area contributed by atoms with Crippen LogP contribution in [0.3, 0.4) is 0 Å². The fourth-order valence-corrected chi connectivity index (χ4v) is 2.81. The lowest BCUT2D eigenvalue weighted by atomic mass is 10.1. The minimum absolute atomic E-state index is 0.0693. The van der Waals surface area contributed by atoms with Crippen molar-refractivity contribution in [2.75, 3.05) is 12.4 Å². The zero-order chi connectivity index (χ0) is 23.8. The van der Waals surface area contributed by atoms with E-state index in [0.29, 0.717) is 22.6 Å². The molecule has 0 atom stereocenters. The van der Waals surface area contributed by atoms with Crippen molar-refractivity contribution in [3.8, 4) is 17.6 Å².